The van der Waals surface area contributed by atoms with Crippen molar-refractivity contribution in [3.8, 4) is 0 Å². The molecule has 0 aliphatic carbocycles. The zero-order chi connectivity index (χ0) is 9.84. The van der Waals surface area contributed by atoms with Gasteiger partial charge in [0.1, 0.15) is 5.82 Å². The smallest absolute Gasteiger partial charge is 0.137 e. The van der Waals surface area contributed by atoms with Crippen molar-refractivity contribution in [2.75, 3.05) is 12.8 Å². The quantitative estimate of drug-likeness (QED) is 0.757. The normalized spacial score (nSPS) is 12.9. The van der Waals surface area contributed by atoms with E-state index < -0.39 is 0 Å². The Labute approximate surface area is 82.5 Å². The average molecular weight is 199 g/mol. The summed E-state index contributed by atoms with van der Waals surface area (Å²) < 4.78 is 13.3. The maximum atomic E-state index is 13.3. The molecule has 0 aliphatic rings. The first-order valence-corrected chi connectivity index (χ1v) is 5.45. The van der Waals surface area contributed by atoms with Crippen LogP contribution in [0.2, 0.25) is 0 Å². The summed E-state index contributed by atoms with van der Waals surface area (Å²) in [6.07, 6.45) is 1.88. The summed E-state index contributed by atoms with van der Waals surface area (Å²) >= 11 is 1.44. The van der Waals surface area contributed by atoms with Crippen molar-refractivity contribution in [1.82, 2.24) is 0 Å². The van der Waals surface area contributed by atoms with E-state index in [1.165, 1.54) is 17.8 Å². The van der Waals surface area contributed by atoms with Gasteiger partial charge < -0.3 is 5.73 Å². The molecule has 72 valence electrons. The Hall–Kier alpha value is -0.540. The molecule has 1 atom stereocenters. The topological polar surface area (TPSA) is 26.0 Å². The van der Waals surface area contributed by atoms with E-state index in [1.54, 1.807) is 6.07 Å². The maximum Gasteiger partial charge on any atom is 0.137 e. The minimum atomic E-state index is -0.148. The van der Waals surface area contributed by atoms with Gasteiger partial charge in [-0.15, -0.1) is 11.8 Å². The van der Waals surface area contributed by atoms with Crippen LogP contribution in [0.5, 0.6) is 0 Å². The lowest BCUT2D eigenvalue weighted by Gasteiger charge is -2.13. The van der Waals surface area contributed by atoms with Crippen molar-refractivity contribution < 1.29 is 4.39 Å². The molecule has 3 heteroatoms. The molecule has 0 spiro atoms. The molecule has 0 heterocycles. The predicted octanol–water partition coefficient (Wildman–Crippen LogP) is 2.61. The second kappa shape index (κ2) is 4.63. The molecule has 1 rings (SSSR count). The van der Waals surface area contributed by atoms with Crippen LogP contribution >= 0.6 is 11.8 Å². The second-order valence-electron chi connectivity index (χ2n) is 3.00. The van der Waals surface area contributed by atoms with E-state index in [1.807, 2.05) is 19.2 Å². The fourth-order valence-electron chi connectivity index (χ4n) is 1.26. The number of halogens is 1. The third-order valence-corrected chi connectivity index (χ3v) is 2.92. The summed E-state index contributed by atoms with van der Waals surface area (Å²) in [5.74, 6) is 0.0726. The van der Waals surface area contributed by atoms with Crippen LogP contribution in [-0.4, -0.2) is 12.8 Å². The fraction of sp³-hybridized carbons (Fsp3) is 0.400. The predicted molar refractivity (Wildman–Crippen MR) is 55.7 cm³/mol. The molecule has 2 N–H and O–H groups in total. The highest BCUT2D eigenvalue weighted by Crippen LogP contribution is 2.28. The van der Waals surface area contributed by atoms with Crippen molar-refractivity contribution in [3.63, 3.8) is 0 Å². The van der Waals surface area contributed by atoms with Gasteiger partial charge in [0, 0.05) is 4.90 Å². The summed E-state index contributed by atoms with van der Waals surface area (Å²) in [5.41, 5.74) is 6.56. The zero-order valence-electron chi connectivity index (χ0n) is 7.88. The Kier molecular flexibility index (Phi) is 3.75. The number of nitrogens with two attached hydrogens (primary N) is 1. The number of hydrogen-bond acceptors (Lipinski definition) is 2. The molecule has 0 aromatic heterocycles. The van der Waals surface area contributed by atoms with Crippen molar-refractivity contribution >= 4 is 11.8 Å². The Morgan fingerprint density at radius 3 is 2.77 bits per heavy atom. The summed E-state index contributed by atoms with van der Waals surface area (Å²) in [7, 11) is 0. The molecule has 0 aliphatic heterocycles. The van der Waals surface area contributed by atoms with Gasteiger partial charge in [0.15, 0.2) is 0 Å². The van der Waals surface area contributed by atoms with Gasteiger partial charge in [0.05, 0.1) is 0 Å². The minimum Gasteiger partial charge on any atom is -0.330 e. The summed E-state index contributed by atoms with van der Waals surface area (Å²) in [4.78, 5) is 0.723. The van der Waals surface area contributed by atoms with E-state index in [9.17, 15) is 4.39 Å². The maximum absolute atomic E-state index is 13.3. The number of rotatable bonds is 3. The van der Waals surface area contributed by atoms with Crippen LogP contribution in [-0.2, 0) is 0 Å². The molecule has 0 fully saturated rings. The van der Waals surface area contributed by atoms with Gasteiger partial charge in [-0.3, -0.25) is 0 Å². The third kappa shape index (κ3) is 2.23. The van der Waals surface area contributed by atoms with E-state index in [4.69, 9.17) is 5.73 Å². The largest absolute Gasteiger partial charge is 0.330 e. The van der Waals surface area contributed by atoms with E-state index >= 15 is 0 Å². The first kappa shape index (κ1) is 10.5. The number of thioether (sulfide) groups is 1. The highest BCUT2D eigenvalue weighted by Gasteiger charge is 2.11. The molecule has 0 saturated carbocycles. The molecular weight excluding hydrogens is 185 g/mol. The van der Waals surface area contributed by atoms with Gasteiger partial charge in [-0.05, 0) is 30.3 Å². The van der Waals surface area contributed by atoms with Crippen molar-refractivity contribution in [2.24, 2.45) is 5.73 Å². The first-order chi connectivity index (χ1) is 6.20. The fourth-order valence-corrected chi connectivity index (χ4v) is 2.02. The van der Waals surface area contributed by atoms with E-state index in [0.29, 0.717) is 6.54 Å². The summed E-state index contributed by atoms with van der Waals surface area (Å²) in [6, 6.07) is 5.15. The van der Waals surface area contributed by atoms with E-state index in [-0.39, 0.29) is 11.7 Å². The Balaban J connectivity index is 3.12. The SMILES string of the molecule is CSc1c(F)cccc1C(C)CN. The zero-order valence-corrected chi connectivity index (χ0v) is 8.70. The lowest BCUT2D eigenvalue weighted by atomic mass is 10.0. The van der Waals surface area contributed by atoms with Gasteiger partial charge in [-0.2, -0.15) is 0 Å². The Morgan fingerprint density at radius 2 is 2.23 bits per heavy atom. The number of hydrogen-bond donors (Lipinski definition) is 1. The molecule has 13 heavy (non-hydrogen) atoms. The molecule has 0 amide bonds. The van der Waals surface area contributed by atoms with Gasteiger partial charge >= 0.3 is 0 Å². The van der Waals surface area contributed by atoms with E-state index in [2.05, 4.69) is 0 Å². The summed E-state index contributed by atoms with van der Waals surface area (Å²) in [6.45, 7) is 2.56. The number of benzene rings is 1. The van der Waals surface area contributed by atoms with Crippen LogP contribution in [0.4, 0.5) is 4.39 Å². The van der Waals surface area contributed by atoms with Gasteiger partial charge in [-0.1, -0.05) is 19.1 Å². The lowest BCUT2D eigenvalue weighted by Crippen LogP contribution is -2.10. The van der Waals surface area contributed by atoms with Crippen LogP contribution in [0, 0.1) is 5.82 Å². The molecule has 0 radical (unpaired) electrons. The monoisotopic (exact) mass is 199 g/mol. The molecule has 0 bridgehead atoms. The van der Waals surface area contributed by atoms with Gasteiger partial charge in [0.25, 0.3) is 0 Å². The molecule has 1 nitrogen and oxygen atoms in total. The van der Waals surface area contributed by atoms with Crippen LogP contribution < -0.4 is 5.73 Å². The van der Waals surface area contributed by atoms with Crippen molar-refractivity contribution in [3.05, 3.63) is 29.6 Å². The highest BCUT2D eigenvalue weighted by molar-refractivity contribution is 7.98. The van der Waals surface area contributed by atoms with Gasteiger partial charge in [0.2, 0.25) is 0 Å². The van der Waals surface area contributed by atoms with Crippen LogP contribution in [0.1, 0.15) is 18.4 Å². The standard InChI is InChI=1S/C10H14FNS/c1-7(6-12)8-4-3-5-9(11)10(8)13-2/h3-5,7H,6,12H2,1-2H3. The van der Waals surface area contributed by atoms with Crippen LogP contribution in [0.15, 0.2) is 23.1 Å². The lowest BCUT2D eigenvalue weighted by molar-refractivity contribution is 0.591. The highest BCUT2D eigenvalue weighted by atomic mass is 32.2. The third-order valence-electron chi connectivity index (χ3n) is 2.09. The summed E-state index contributed by atoms with van der Waals surface area (Å²) in [5, 5.41) is 0. The minimum absolute atomic E-state index is 0.148. The Bertz CT molecular complexity index is 288. The van der Waals surface area contributed by atoms with Crippen LogP contribution in [0.3, 0.4) is 0 Å². The van der Waals surface area contributed by atoms with E-state index in [0.717, 1.165) is 10.5 Å². The van der Waals surface area contributed by atoms with Crippen molar-refractivity contribution in [2.45, 2.75) is 17.7 Å². The van der Waals surface area contributed by atoms with Crippen LogP contribution in [0.25, 0.3) is 0 Å². The molecule has 0 saturated heterocycles. The Morgan fingerprint density at radius 1 is 1.54 bits per heavy atom. The molecule has 1 aromatic rings. The van der Waals surface area contributed by atoms with Gasteiger partial charge in [-0.25, -0.2) is 4.39 Å². The molecule has 1 aromatic carbocycles. The molecule has 1 unspecified atom stereocenters. The average Bonchev–Trinajstić information content (AvgIpc) is 2.16. The van der Waals surface area contributed by atoms with Crippen molar-refractivity contribution in [1.29, 1.82) is 0 Å². The molecular formula is C10H14FNS. The second-order valence-corrected chi connectivity index (χ2v) is 3.82. The first-order valence-electron chi connectivity index (χ1n) is 4.23.